The van der Waals surface area contributed by atoms with Crippen molar-refractivity contribution in [2.24, 2.45) is 0 Å². The molecule has 104 valence electrons. The van der Waals surface area contributed by atoms with Crippen LogP contribution in [0.5, 0.6) is 17.6 Å². The zero-order valence-electron chi connectivity index (χ0n) is 10.1. The number of ether oxygens (including phenoxy) is 2. The highest BCUT2D eigenvalue weighted by molar-refractivity contribution is 9.10. The van der Waals surface area contributed by atoms with Crippen LogP contribution in [0.1, 0.15) is 10.4 Å². The van der Waals surface area contributed by atoms with E-state index in [4.69, 9.17) is 26.2 Å². The maximum atomic E-state index is 10.8. The van der Waals surface area contributed by atoms with Crippen LogP contribution in [0, 0.1) is 0 Å². The van der Waals surface area contributed by atoms with Gasteiger partial charge in [-0.25, -0.2) is 9.78 Å². The number of aromatic carboxylic acids is 1. The van der Waals surface area contributed by atoms with Crippen LogP contribution in [0.25, 0.3) is 0 Å². The third-order valence-electron chi connectivity index (χ3n) is 2.26. The number of rotatable bonds is 4. The molecule has 6 nitrogen and oxygen atoms in total. The molecule has 0 radical (unpaired) electrons. The van der Waals surface area contributed by atoms with Crippen molar-refractivity contribution in [1.82, 2.24) is 9.97 Å². The summed E-state index contributed by atoms with van der Waals surface area (Å²) in [5.74, 6) is -0.505. The lowest BCUT2D eigenvalue weighted by Gasteiger charge is -2.08. The second kappa shape index (κ2) is 6.06. The van der Waals surface area contributed by atoms with E-state index in [0.29, 0.717) is 10.4 Å². The van der Waals surface area contributed by atoms with Gasteiger partial charge >= 0.3 is 12.0 Å². The van der Waals surface area contributed by atoms with Crippen LogP contribution < -0.4 is 9.47 Å². The summed E-state index contributed by atoms with van der Waals surface area (Å²) >= 11 is 9.16. The molecule has 0 atom stereocenters. The standard InChI is InChI=1S/C12H8BrClN2O4/c1-19-10-7(13)5-15-12(16-10)20-9-3-2-6(11(17)18)4-8(9)14/h2-5H,1H3,(H,17,18). The molecule has 0 saturated heterocycles. The van der Waals surface area contributed by atoms with Crippen LogP contribution in [0.15, 0.2) is 28.9 Å². The zero-order valence-corrected chi connectivity index (χ0v) is 12.5. The van der Waals surface area contributed by atoms with Gasteiger partial charge in [0.15, 0.2) is 0 Å². The number of nitrogens with zero attached hydrogens (tertiary/aromatic N) is 2. The van der Waals surface area contributed by atoms with E-state index in [1.54, 1.807) is 0 Å². The number of hydrogen-bond acceptors (Lipinski definition) is 5. The van der Waals surface area contributed by atoms with Crippen molar-refractivity contribution in [3.63, 3.8) is 0 Å². The molecule has 0 fully saturated rings. The molecule has 0 unspecified atom stereocenters. The smallest absolute Gasteiger partial charge is 0.335 e. The van der Waals surface area contributed by atoms with E-state index in [1.165, 1.54) is 31.5 Å². The van der Waals surface area contributed by atoms with Gasteiger partial charge in [0.2, 0.25) is 5.88 Å². The summed E-state index contributed by atoms with van der Waals surface area (Å²) in [6.45, 7) is 0. The number of hydrogen-bond donors (Lipinski definition) is 1. The number of halogens is 2. The molecule has 2 aromatic rings. The molecule has 1 aromatic heterocycles. The maximum absolute atomic E-state index is 10.8. The molecule has 0 aliphatic rings. The molecule has 1 heterocycles. The SMILES string of the molecule is COc1nc(Oc2ccc(C(=O)O)cc2Cl)ncc1Br. The molecule has 8 heteroatoms. The van der Waals surface area contributed by atoms with Crippen molar-refractivity contribution in [2.45, 2.75) is 0 Å². The normalized spacial score (nSPS) is 10.2. The van der Waals surface area contributed by atoms with Gasteiger partial charge in [-0.1, -0.05) is 11.6 Å². The minimum absolute atomic E-state index is 0.0371. The van der Waals surface area contributed by atoms with E-state index in [0.717, 1.165) is 0 Å². The number of aromatic nitrogens is 2. The molecule has 1 aromatic carbocycles. The van der Waals surface area contributed by atoms with Crippen molar-refractivity contribution >= 4 is 33.5 Å². The lowest BCUT2D eigenvalue weighted by Crippen LogP contribution is -1.98. The Morgan fingerprint density at radius 1 is 1.45 bits per heavy atom. The van der Waals surface area contributed by atoms with E-state index in [-0.39, 0.29) is 22.3 Å². The van der Waals surface area contributed by atoms with Gasteiger partial charge in [-0.05, 0) is 34.1 Å². The van der Waals surface area contributed by atoms with Crippen LogP contribution in [0.4, 0.5) is 0 Å². The van der Waals surface area contributed by atoms with Crippen molar-refractivity contribution < 1.29 is 19.4 Å². The van der Waals surface area contributed by atoms with Gasteiger partial charge in [-0.2, -0.15) is 4.98 Å². The first-order valence-corrected chi connectivity index (χ1v) is 6.45. The number of carboxylic acid groups (broad SMARTS) is 1. The van der Waals surface area contributed by atoms with E-state index >= 15 is 0 Å². The summed E-state index contributed by atoms with van der Waals surface area (Å²) < 4.78 is 11.0. The minimum atomic E-state index is -1.07. The Labute approximate surface area is 127 Å². The molecule has 0 bridgehead atoms. The topological polar surface area (TPSA) is 81.5 Å². The molecular formula is C12H8BrClN2O4. The molecule has 2 rings (SSSR count). The molecular weight excluding hydrogens is 351 g/mol. The van der Waals surface area contributed by atoms with Gasteiger partial charge in [-0.3, -0.25) is 0 Å². The minimum Gasteiger partial charge on any atom is -0.480 e. The van der Waals surface area contributed by atoms with Gasteiger partial charge in [0.25, 0.3) is 0 Å². The number of carbonyl (C=O) groups is 1. The van der Waals surface area contributed by atoms with Crippen LogP contribution in [-0.2, 0) is 0 Å². The lowest BCUT2D eigenvalue weighted by molar-refractivity contribution is 0.0697. The highest BCUT2D eigenvalue weighted by atomic mass is 79.9. The summed E-state index contributed by atoms with van der Waals surface area (Å²) in [7, 11) is 1.46. The highest BCUT2D eigenvalue weighted by Crippen LogP contribution is 2.30. The van der Waals surface area contributed by atoms with Crippen molar-refractivity contribution in [3.8, 4) is 17.6 Å². The van der Waals surface area contributed by atoms with Crippen LogP contribution >= 0.6 is 27.5 Å². The number of carboxylic acids is 1. The largest absolute Gasteiger partial charge is 0.480 e. The Hall–Kier alpha value is -1.86. The zero-order chi connectivity index (χ0) is 14.7. The van der Waals surface area contributed by atoms with E-state index in [9.17, 15) is 4.79 Å². The molecule has 0 aliphatic heterocycles. The third-order valence-corrected chi connectivity index (χ3v) is 3.10. The first-order chi connectivity index (χ1) is 9.51. The summed E-state index contributed by atoms with van der Waals surface area (Å²) in [6.07, 6.45) is 1.47. The number of benzene rings is 1. The van der Waals surface area contributed by atoms with Crippen molar-refractivity contribution in [2.75, 3.05) is 7.11 Å². The Kier molecular flexibility index (Phi) is 4.41. The van der Waals surface area contributed by atoms with Gasteiger partial charge in [0.05, 0.1) is 28.4 Å². The van der Waals surface area contributed by atoms with Gasteiger partial charge in [0.1, 0.15) is 5.75 Å². The second-order valence-corrected chi connectivity index (χ2v) is 4.82. The second-order valence-electron chi connectivity index (χ2n) is 3.56. The predicted octanol–water partition coefficient (Wildman–Crippen LogP) is 3.39. The number of methoxy groups -OCH3 is 1. The summed E-state index contributed by atoms with van der Waals surface area (Å²) in [5.41, 5.74) is 0.0663. The Morgan fingerprint density at radius 2 is 2.20 bits per heavy atom. The van der Waals surface area contributed by atoms with E-state index in [1.807, 2.05) is 0 Å². The first kappa shape index (κ1) is 14.5. The average Bonchev–Trinajstić information content (AvgIpc) is 2.42. The predicted molar refractivity (Wildman–Crippen MR) is 74.8 cm³/mol. The maximum Gasteiger partial charge on any atom is 0.335 e. The summed E-state index contributed by atoms with van der Waals surface area (Å²) in [5, 5.41) is 8.99. The fourth-order valence-electron chi connectivity index (χ4n) is 1.34. The molecule has 0 spiro atoms. The first-order valence-electron chi connectivity index (χ1n) is 5.28. The third kappa shape index (κ3) is 3.17. The van der Waals surface area contributed by atoms with Crippen LogP contribution in [0.3, 0.4) is 0 Å². The van der Waals surface area contributed by atoms with Gasteiger partial charge < -0.3 is 14.6 Å². The van der Waals surface area contributed by atoms with Crippen molar-refractivity contribution in [3.05, 3.63) is 39.5 Å². The van der Waals surface area contributed by atoms with E-state index < -0.39 is 5.97 Å². The van der Waals surface area contributed by atoms with Gasteiger partial charge in [-0.15, -0.1) is 0 Å². The Bertz CT molecular complexity index is 666. The lowest BCUT2D eigenvalue weighted by atomic mass is 10.2. The highest BCUT2D eigenvalue weighted by Gasteiger charge is 2.11. The molecule has 1 N–H and O–H groups in total. The average molecular weight is 360 g/mol. The fraction of sp³-hybridized carbons (Fsp3) is 0.0833. The Morgan fingerprint density at radius 3 is 2.80 bits per heavy atom. The van der Waals surface area contributed by atoms with Gasteiger partial charge in [0, 0.05) is 0 Å². The molecule has 0 amide bonds. The van der Waals surface area contributed by atoms with Crippen LogP contribution in [0.2, 0.25) is 5.02 Å². The summed E-state index contributed by atoms with van der Waals surface area (Å²) in [4.78, 5) is 18.8. The Balaban J connectivity index is 2.28. The van der Waals surface area contributed by atoms with E-state index in [2.05, 4.69) is 25.9 Å². The molecule has 0 saturated carbocycles. The fourth-order valence-corrected chi connectivity index (χ4v) is 1.92. The monoisotopic (exact) mass is 358 g/mol. The summed E-state index contributed by atoms with van der Waals surface area (Å²) in [6, 6.07) is 4.13. The van der Waals surface area contributed by atoms with Crippen LogP contribution in [-0.4, -0.2) is 28.2 Å². The quantitative estimate of drug-likeness (QED) is 0.901. The molecule has 20 heavy (non-hydrogen) atoms. The van der Waals surface area contributed by atoms with Crippen molar-refractivity contribution in [1.29, 1.82) is 0 Å². The molecule has 0 aliphatic carbocycles.